The van der Waals surface area contributed by atoms with Gasteiger partial charge in [-0.15, -0.1) is 0 Å². The van der Waals surface area contributed by atoms with Crippen molar-refractivity contribution in [3.63, 3.8) is 0 Å². The lowest BCUT2D eigenvalue weighted by atomic mass is 9.81. The van der Waals surface area contributed by atoms with Crippen molar-refractivity contribution in [2.24, 2.45) is 11.8 Å². The molecule has 2 nitrogen and oxygen atoms in total. The zero-order valence-electron chi connectivity index (χ0n) is 11.0. The smallest absolute Gasteiger partial charge is 0.184 e. The highest BCUT2D eigenvalue weighted by Gasteiger charge is 2.63. The lowest BCUT2D eigenvalue weighted by Gasteiger charge is -2.41. The summed E-state index contributed by atoms with van der Waals surface area (Å²) in [7, 11) is -1.46. The normalized spacial score (nSPS) is 51.0. The Morgan fingerprint density at radius 1 is 1.25 bits per heavy atom. The van der Waals surface area contributed by atoms with Crippen LogP contribution in [0.3, 0.4) is 0 Å². The van der Waals surface area contributed by atoms with Crippen LogP contribution >= 0.6 is 0 Å². The number of ether oxygens (including phenoxy) is 1. The summed E-state index contributed by atoms with van der Waals surface area (Å²) in [5.74, 6) is 1.72. The Hall–Kier alpha value is 0.137. The van der Waals surface area contributed by atoms with Crippen molar-refractivity contribution < 1.29 is 9.16 Å². The van der Waals surface area contributed by atoms with E-state index < -0.39 is 8.32 Å². The minimum Gasteiger partial charge on any atom is -0.409 e. The van der Waals surface area contributed by atoms with Gasteiger partial charge in [-0.05, 0) is 64.1 Å². The molecule has 1 heterocycles. The third-order valence-corrected chi connectivity index (χ3v) is 5.52. The average Bonchev–Trinajstić information content (AvgIpc) is 2.59. The van der Waals surface area contributed by atoms with E-state index >= 15 is 0 Å². The van der Waals surface area contributed by atoms with Crippen LogP contribution in [0.1, 0.15) is 32.6 Å². The van der Waals surface area contributed by atoms with Crippen LogP contribution in [0, 0.1) is 11.8 Å². The van der Waals surface area contributed by atoms with Crippen LogP contribution in [0.4, 0.5) is 0 Å². The first-order valence-corrected chi connectivity index (χ1v) is 10.2. The molecule has 0 unspecified atom stereocenters. The monoisotopic (exact) mass is 240 g/mol. The molecule has 2 bridgehead atoms. The molecule has 3 heteroatoms. The fourth-order valence-electron chi connectivity index (χ4n) is 4.12. The van der Waals surface area contributed by atoms with Crippen LogP contribution < -0.4 is 0 Å². The summed E-state index contributed by atoms with van der Waals surface area (Å²) >= 11 is 0. The molecule has 92 valence electrons. The first-order chi connectivity index (χ1) is 7.41. The summed E-state index contributed by atoms with van der Waals surface area (Å²) in [5.41, 5.74) is 0.118. The summed E-state index contributed by atoms with van der Waals surface area (Å²) in [5, 5.41) is 0. The van der Waals surface area contributed by atoms with Gasteiger partial charge in [-0.2, -0.15) is 0 Å². The molecule has 3 rings (SSSR count). The van der Waals surface area contributed by atoms with Crippen molar-refractivity contribution in [2.75, 3.05) is 0 Å². The maximum absolute atomic E-state index is 6.63. The Balaban J connectivity index is 1.84. The predicted octanol–water partition coefficient (Wildman–Crippen LogP) is 3.18. The van der Waals surface area contributed by atoms with Crippen molar-refractivity contribution in [3.8, 4) is 0 Å². The summed E-state index contributed by atoms with van der Waals surface area (Å²) in [6.07, 6.45) is 6.34. The van der Waals surface area contributed by atoms with Gasteiger partial charge in [-0.3, -0.25) is 0 Å². The second kappa shape index (κ2) is 3.33. The molecular formula is C13H24O2Si. The molecule has 0 aromatic carbocycles. The lowest BCUT2D eigenvalue weighted by molar-refractivity contribution is -0.0192. The molecule has 0 N–H and O–H groups in total. The van der Waals surface area contributed by atoms with Crippen LogP contribution in [-0.4, -0.2) is 26.1 Å². The van der Waals surface area contributed by atoms with Gasteiger partial charge in [-0.25, -0.2) is 0 Å². The van der Waals surface area contributed by atoms with Crippen LogP contribution in [0.15, 0.2) is 0 Å². The molecule has 16 heavy (non-hydrogen) atoms. The van der Waals surface area contributed by atoms with Crippen molar-refractivity contribution in [1.29, 1.82) is 0 Å². The molecule has 0 aromatic heterocycles. The predicted molar refractivity (Wildman–Crippen MR) is 66.9 cm³/mol. The molecular weight excluding hydrogens is 216 g/mol. The van der Waals surface area contributed by atoms with Gasteiger partial charge in [0.05, 0.1) is 11.7 Å². The van der Waals surface area contributed by atoms with Gasteiger partial charge < -0.3 is 9.16 Å². The summed E-state index contributed by atoms with van der Waals surface area (Å²) < 4.78 is 12.4. The first-order valence-electron chi connectivity index (χ1n) is 6.76. The second-order valence-electron chi connectivity index (χ2n) is 7.01. The zero-order valence-corrected chi connectivity index (χ0v) is 12.0. The maximum Gasteiger partial charge on any atom is 0.184 e. The van der Waals surface area contributed by atoms with Crippen molar-refractivity contribution in [1.82, 2.24) is 0 Å². The number of hydrogen-bond acceptors (Lipinski definition) is 2. The average molecular weight is 240 g/mol. The van der Waals surface area contributed by atoms with Gasteiger partial charge >= 0.3 is 0 Å². The highest BCUT2D eigenvalue weighted by molar-refractivity contribution is 6.69. The van der Waals surface area contributed by atoms with Gasteiger partial charge in [0.25, 0.3) is 0 Å². The Morgan fingerprint density at radius 2 is 1.94 bits per heavy atom. The molecule has 2 aliphatic carbocycles. The molecule has 5 atom stereocenters. The van der Waals surface area contributed by atoms with Crippen molar-refractivity contribution in [2.45, 2.75) is 70.1 Å². The van der Waals surface area contributed by atoms with E-state index in [1.165, 1.54) is 25.7 Å². The zero-order chi connectivity index (χ0) is 11.6. The Morgan fingerprint density at radius 3 is 2.31 bits per heavy atom. The quantitative estimate of drug-likeness (QED) is 0.558. The second-order valence-corrected chi connectivity index (χ2v) is 11.4. The number of rotatable bonds is 3. The Labute approximate surface area is 99.8 Å². The third kappa shape index (κ3) is 1.68. The molecule has 0 radical (unpaired) electrons. The van der Waals surface area contributed by atoms with Crippen LogP contribution in [0.5, 0.6) is 0 Å². The minimum atomic E-state index is -1.46. The van der Waals surface area contributed by atoms with Gasteiger partial charge in [0.15, 0.2) is 8.32 Å². The largest absolute Gasteiger partial charge is 0.409 e. The van der Waals surface area contributed by atoms with Crippen molar-refractivity contribution in [3.05, 3.63) is 0 Å². The number of epoxide rings is 1. The fraction of sp³-hybridized carbons (Fsp3) is 1.00. The SMILES string of the molecule is C[C@@H]1O[C@@H]1[C@]1(O[Si](C)(C)C)C[C@H]2CC[C@@H]1C2. The van der Waals surface area contributed by atoms with E-state index in [4.69, 9.17) is 9.16 Å². The molecule has 3 aliphatic rings. The topological polar surface area (TPSA) is 21.8 Å². The molecule has 2 saturated carbocycles. The molecule has 3 fully saturated rings. The molecule has 1 aliphatic heterocycles. The van der Waals surface area contributed by atoms with E-state index in [9.17, 15) is 0 Å². The maximum atomic E-state index is 6.63. The van der Waals surface area contributed by atoms with Crippen LogP contribution in [0.2, 0.25) is 19.6 Å². The van der Waals surface area contributed by atoms with E-state index in [-0.39, 0.29) is 5.60 Å². The van der Waals surface area contributed by atoms with Crippen LogP contribution in [0.25, 0.3) is 0 Å². The summed E-state index contributed by atoms with van der Waals surface area (Å²) in [6, 6.07) is 0. The van der Waals surface area contributed by atoms with E-state index in [2.05, 4.69) is 26.6 Å². The Bertz CT molecular complexity index is 299. The van der Waals surface area contributed by atoms with E-state index in [1.54, 1.807) is 0 Å². The highest BCUT2D eigenvalue weighted by Crippen LogP contribution is 2.58. The van der Waals surface area contributed by atoms with Gasteiger partial charge in [0.1, 0.15) is 6.10 Å². The molecule has 0 spiro atoms. The lowest BCUT2D eigenvalue weighted by Crippen LogP contribution is -2.51. The summed E-state index contributed by atoms with van der Waals surface area (Å²) in [4.78, 5) is 0. The van der Waals surface area contributed by atoms with E-state index in [0.717, 1.165) is 11.8 Å². The van der Waals surface area contributed by atoms with Gasteiger partial charge in [0.2, 0.25) is 0 Å². The summed E-state index contributed by atoms with van der Waals surface area (Å²) in [6.45, 7) is 9.14. The molecule has 1 saturated heterocycles. The van der Waals surface area contributed by atoms with E-state index in [1.807, 2.05) is 0 Å². The molecule has 0 aromatic rings. The first kappa shape index (κ1) is 11.2. The van der Waals surface area contributed by atoms with Gasteiger partial charge in [-0.1, -0.05) is 0 Å². The minimum absolute atomic E-state index is 0.118. The van der Waals surface area contributed by atoms with Gasteiger partial charge in [0, 0.05) is 0 Å². The number of hydrogen-bond donors (Lipinski definition) is 0. The fourth-order valence-corrected chi connectivity index (χ4v) is 5.63. The van der Waals surface area contributed by atoms with E-state index in [0.29, 0.717) is 12.2 Å². The van der Waals surface area contributed by atoms with Crippen LogP contribution in [-0.2, 0) is 9.16 Å². The van der Waals surface area contributed by atoms with Crippen molar-refractivity contribution >= 4 is 8.32 Å². The molecule has 0 amide bonds. The highest BCUT2D eigenvalue weighted by atomic mass is 28.4. The number of fused-ring (bicyclic) bond motifs is 2. The Kier molecular flexibility index (Phi) is 2.34. The standard InChI is InChI=1S/C13H24O2Si/c1-9-12(14-9)13(15-16(2,3)4)8-10-5-6-11(13)7-10/h9-12H,5-8H2,1-4H3/t9-,10-,11+,12-,13-/m0/s1. The third-order valence-electron chi connectivity index (χ3n) is 4.53.